The van der Waals surface area contributed by atoms with Crippen LogP contribution in [0.15, 0.2) is 28.7 Å². The minimum absolute atomic E-state index is 0.240. The zero-order chi connectivity index (χ0) is 14.8. The molecule has 0 spiro atoms. The van der Waals surface area contributed by atoms with Gasteiger partial charge in [-0.3, -0.25) is 0 Å². The molecule has 3 heteroatoms. The monoisotopic (exact) mass is 339 g/mol. The average Bonchev–Trinajstić information content (AvgIpc) is 2.40. The highest BCUT2D eigenvalue weighted by atomic mass is 79.9. The maximum atomic E-state index is 5.79. The predicted octanol–water partition coefficient (Wildman–Crippen LogP) is 4.17. The summed E-state index contributed by atoms with van der Waals surface area (Å²) in [7, 11) is 0. The minimum Gasteiger partial charge on any atom is -0.378 e. The first-order valence-electron chi connectivity index (χ1n) is 7.55. The van der Waals surface area contributed by atoms with E-state index in [4.69, 9.17) is 4.74 Å². The van der Waals surface area contributed by atoms with Crippen LogP contribution in [0, 0.1) is 5.41 Å². The molecule has 0 aromatic heterocycles. The van der Waals surface area contributed by atoms with Crippen molar-refractivity contribution in [3.63, 3.8) is 0 Å². The van der Waals surface area contributed by atoms with Gasteiger partial charge in [0.25, 0.3) is 0 Å². The van der Waals surface area contributed by atoms with Gasteiger partial charge in [-0.05, 0) is 44.4 Å². The summed E-state index contributed by atoms with van der Waals surface area (Å²) >= 11 is 3.48. The van der Waals surface area contributed by atoms with E-state index in [9.17, 15) is 0 Å². The molecule has 0 radical (unpaired) electrons. The molecular weight excluding hydrogens is 314 g/mol. The molecule has 1 fully saturated rings. The van der Waals surface area contributed by atoms with Crippen molar-refractivity contribution in [2.24, 2.45) is 5.41 Å². The second-order valence-corrected chi connectivity index (χ2v) is 7.37. The molecule has 1 aliphatic rings. The van der Waals surface area contributed by atoms with Crippen LogP contribution >= 0.6 is 15.9 Å². The summed E-state index contributed by atoms with van der Waals surface area (Å²) in [5.74, 6) is 0. The standard InChI is InChI=1S/C17H26BrNO/c1-5-20-16-11-15(17(16,3)4)19-12(2)10-13-6-8-14(18)9-7-13/h6-9,12,15-16,19H,5,10-11H2,1-4H3. The van der Waals surface area contributed by atoms with Crippen molar-refractivity contribution in [1.82, 2.24) is 5.32 Å². The van der Waals surface area contributed by atoms with E-state index < -0.39 is 0 Å². The van der Waals surface area contributed by atoms with Crippen molar-refractivity contribution in [1.29, 1.82) is 0 Å². The number of halogens is 1. The van der Waals surface area contributed by atoms with E-state index >= 15 is 0 Å². The Bertz CT molecular complexity index is 429. The highest BCUT2D eigenvalue weighted by Crippen LogP contribution is 2.43. The Balaban J connectivity index is 1.83. The van der Waals surface area contributed by atoms with Gasteiger partial charge in [0.05, 0.1) is 6.10 Å². The van der Waals surface area contributed by atoms with Crippen LogP contribution in [0.4, 0.5) is 0 Å². The second kappa shape index (κ2) is 6.59. The molecule has 3 unspecified atom stereocenters. The van der Waals surface area contributed by atoms with Gasteiger partial charge in [-0.15, -0.1) is 0 Å². The van der Waals surface area contributed by atoms with Gasteiger partial charge >= 0.3 is 0 Å². The van der Waals surface area contributed by atoms with Crippen LogP contribution in [0.3, 0.4) is 0 Å². The molecule has 0 aliphatic heterocycles. The molecule has 0 heterocycles. The van der Waals surface area contributed by atoms with Gasteiger partial charge in [-0.2, -0.15) is 0 Å². The van der Waals surface area contributed by atoms with Crippen LogP contribution in [0.2, 0.25) is 0 Å². The summed E-state index contributed by atoms with van der Waals surface area (Å²) in [4.78, 5) is 0. The molecular formula is C17H26BrNO. The fourth-order valence-electron chi connectivity index (χ4n) is 3.03. The molecule has 1 N–H and O–H groups in total. The summed E-state index contributed by atoms with van der Waals surface area (Å²) < 4.78 is 6.93. The molecule has 2 rings (SSSR count). The van der Waals surface area contributed by atoms with Crippen molar-refractivity contribution < 1.29 is 4.74 Å². The summed E-state index contributed by atoms with van der Waals surface area (Å²) in [5.41, 5.74) is 1.62. The molecule has 20 heavy (non-hydrogen) atoms. The smallest absolute Gasteiger partial charge is 0.0655 e. The normalized spacial score (nSPS) is 26.1. The summed E-state index contributed by atoms with van der Waals surface area (Å²) in [5, 5.41) is 3.77. The van der Waals surface area contributed by atoms with E-state index in [1.165, 1.54) is 5.56 Å². The third kappa shape index (κ3) is 3.63. The van der Waals surface area contributed by atoms with Crippen LogP contribution in [0.1, 0.15) is 39.7 Å². The van der Waals surface area contributed by atoms with Crippen LogP contribution < -0.4 is 5.32 Å². The Morgan fingerprint density at radius 2 is 2.00 bits per heavy atom. The lowest BCUT2D eigenvalue weighted by Gasteiger charge is -2.52. The molecule has 0 amide bonds. The van der Waals surface area contributed by atoms with Gasteiger partial charge in [-0.25, -0.2) is 0 Å². The fraction of sp³-hybridized carbons (Fsp3) is 0.647. The average molecular weight is 340 g/mol. The van der Waals surface area contributed by atoms with Crippen LogP contribution in [-0.4, -0.2) is 24.8 Å². The molecule has 3 atom stereocenters. The van der Waals surface area contributed by atoms with Gasteiger partial charge in [0.15, 0.2) is 0 Å². The summed E-state index contributed by atoms with van der Waals surface area (Å²) in [6.07, 6.45) is 2.61. The van der Waals surface area contributed by atoms with E-state index in [0.29, 0.717) is 18.2 Å². The molecule has 1 saturated carbocycles. The van der Waals surface area contributed by atoms with E-state index in [0.717, 1.165) is 23.9 Å². The molecule has 0 bridgehead atoms. The van der Waals surface area contributed by atoms with Gasteiger partial charge in [0.1, 0.15) is 0 Å². The molecule has 0 saturated heterocycles. The van der Waals surface area contributed by atoms with Crippen LogP contribution in [0.25, 0.3) is 0 Å². The molecule has 112 valence electrons. The van der Waals surface area contributed by atoms with E-state index in [2.05, 4.69) is 73.2 Å². The van der Waals surface area contributed by atoms with Crippen molar-refractivity contribution >= 4 is 15.9 Å². The fourth-order valence-corrected chi connectivity index (χ4v) is 3.29. The number of rotatable bonds is 6. The Hall–Kier alpha value is -0.380. The van der Waals surface area contributed by atoms with E-state index in [1.807, 2.05) is 0 Å². The first-order valence-corrected chi connectivity index (χ1v) is 8.35. The predicted molar refractivity (Wildman–Crippen MR) is 88.0 cm³/mol. The SMILES string of the molecule is CCOC1CC(NC(C)Cc2ccc(Br)cc2)C1(C)C. The van der Waals surface area contributed by atoms with Crippen molar-refractivity contribution in [2.45, 2.75) is 58.7 Å². The lowest BCUT2D eigenvalue weighted by atomic mass is 9.64. The molecule has 1 aromatic rings. The van der Waals surface area contributed by atoms with Gasteiger partial charge in [0.2, 0.25) is 0 Å². The maximum absolute atomic E-state index is 5.79. The van der Waals surface area contributed by atoms with Crippen molar-refractivity contribution in [3.05, 3.63) is 34.3 Å². The molecule has 2 nitrogen and oxygen atoms in total. The van der Waals surface area contributed by atoms with E-state index in [1.54, 1.807) is 0 Å². The summed E-state index contributed by atoms with van der Waals surface area (Å²) in [6, 6.07) is 9.66. The third-order valence-electron chi connectivity index (χ3n) is 4.49. The highest BCUT2D eigenvalue weighted by molar-refractivity contribution is 9.10. The van der Waals surface area contributed by atoms with Crippen LogP contribution in [-0.2, 0) is 11.2 Å². The number of nitrogens with one attached hydrogen (secondary N) is 1. The highest BCUT2D eigenvalue weighted by Gasteiger charge is 2.48. The minimum atomic E-state index is 0.240. The maximum Gasteiger partial charge on any atom is 0.0655 e. The number of hydrogen-bond acceptors (Lipinski definition) is 2. The van der Waals surface area contributed by atoms with E-state index in [-0.39, 0.29) is 5.41 Å². The number of hydrogen-bond donors (Lipinski definition) is 1. The lowest BCUT2D eigenvalue weighted by Crippen LogP contribution is -2.62. The topological polar surface area (TPSA) is 21.3 Å². The Morgan fingerprint density at radius 1 is 1.35 bits per heavy atom. The largest absolute Gasteiger partial charge is 0.378 e. The van der Waals surface area contributed by atoms with Gasteiger partial charge < -0.3 is 10.1 Å². The third-order valence-corrected chi connectivity index (χ3v) is 5.02. The van der Waals surface area contributed by atoms with Gasteiger partial charge in [0, 0.05) is 28.6 Å². The second-order valence-electron chi connectivity index (χ2n) is 6.45. The van der Waals surface area contributed by atoms with Crippen molar-refractivity contribution in [2.75, 3.05) is 6.61 Å². The summed E-state index contributed by atoms with van der Waals surface area (Å²) in [6.45, 7) is 9.77. The lowest BCUT2D eigenvalue weighted by molar-refractivity contribution is -0.116. The zero-order valence-electron chi connectivity index (χ0n) is 12.9. The molecule has 1 aliphatic carbocycles. The van der Waals surface area contributed by atoms with Gasteiger partial charge in [-0.1, -0.05) is 41.9 Å². The quantitative estimate of drug-likeness (QED) is 0.839. The van der Waals surface area contributed by atoms with Crippen molar-refractivity contribution in [3.8, 4) is 0 Å². The zero-order valence-corrected chi connectivity index (χ0v) is 14.5. The first-order chi connectivity index (χ1) is 9.43. The Morgan fingerprint density at radius 3 is 2.55 bits per heavy atom. The number of benzene rings is 1. The Kier molecular flexibility index (Phi) is 5.27. The number of ether oxygens (including phenoxy) is 1. The Labute approximate surface area is 131 Å². The first kappa shape index (κ1) is 16.0. The molecule has 1 aromatic carbocycles. The van der Waals surface area contributed by atoms with Crippen LogP contribution in [0.5, 0.6) is 0 Å².